The summed E-state index contributed by atoms with van der Waals surface area (Å²) in [6.45, 7) is 8.27. The quantitative estimate of drug-likeness (QED) is 0.367. The molecule has 0 spiro atoms. The molecule has 0 radical (unpaired) electrons. The van der Waals surface area contributed by atoms with Crippen LogP contribution in [0.4, 0.5) is 5.82 Å². The molecule has 1 saturated heterocycles. The first-order valence-electron chi connectivity index (χ1n) is 10.7. The van der Waals surface area contributed by atoms with Crippen LogP contribution in [-0.2, 0) is 19.0 Å². The number of aryl methyl sites for hydroxylation is 1. The van der Waals surface area contributed by atoms with Gasteiger partial charge in [0.2, 0.25) is 0 Å². The van der Waals surface area contributed by atoms with Gasteiger partial charge in [0, 0.05) is 37.3 Å². The summed E-state index contributed by atoms with van der Waals surface area (Å²) in [6.07, 6.45) is 3.78. The average Bonchev–Trinajstić information content (AvgIpc) is 3.29. The second-order valence-corrected chi connectivity index (χ2v) is 9.47. The van der Waals surface area contributed by atoms with Crippen molar-refractivity contribution in [2.24, 2.45) is 0 Å². The molecular weight excluding hydrogens is 442 g/mol. The number of anilines is 1. The highest BCUT2D eigenvalue weighted by molar-refractivity contribution is 7.86. The number of aromatic nitrogens is 4. The Morgan fingerprint density at radius 2 is 1.94 bits per heavy atom. The highest BCUT2D eigenvalue weighted by Crippen LogP contribution is 2.26. The Balaban J connectivity index is 1.77. The van der Waals surface area contributed by atoms with Gasteiger partial charge in [-0.05, 0) is 19.1 Å². The lowest BCUT2D eigenvalue weighted by Crippen LogP contribution is -2.37. The van der Waals surface area contributed by atoms with Gasteiger partial charge in [0.15, 0.2) is 11.6 Å². The van der Waals surface area contributed by atoms with Gasteiger partial charge in [0.25, 0.3) is 10.1 Å². The minimum absolute atomic E-state index is 0.243. The molecule has 3 heterocycles. The summed E-state index contributed by atoms with van der Waals surface area (Å²) in [6, 6.07) is 11.9. The summed E-state index contributed by atoms with van der Waals surface area (Å²) in [4.78, 5) is 11.3. The molecule has 10 heteroatoms. The first-order valence-corrected chi connectivity index (χ1v) is 12.5. The molecule has 1 unspecified atom stereocenters. The average molecular weight is 470 g/mol. The van der Waals surface area contributed by atoms with Gasteiger partial charge in [0.1, 0.15) is 11.9 Å². The molecule has 3 aromatic rings. The lowest BCUT2D eigenvalue weighted by molar-refractivity contribution is 0.122. The van der Waals surface area contributed by atoms with Crippen LogP contribution in [0.5, 0.6) is 0 Å². The smallest absolute Gasteiger partial charge is 0.265 e. The van der Waals surface area contributed by atoms with Gasteiger partial charge in [-0.2, -0.15) is 13.5 Å². The zero-order chi connectivity index (χ0) is 23.4. The maximum Gasteiger partial charge on any atom is 0.265 e. The van der Waals surface area contributed by atoms with Crippen LogP contribution in [0, 0.1) is 6.92 Å². The van der Waals surface area contributed by atoms with Gasteiger partial charge in [0.05, 0.1) is 25.2 Å². The van der Waals surface area contributed by atoms with E-state index in [9.17, 15) is 8.42 Å². The van der Waals surface area contributed by atoms with E-state index in [4.69, 9.17) is 14.0 Å². The Hall–Kier alpha value is -3.08. The van der Waals surface area contributed by atoms with Gasteiger partial charge in [-0.3, -0.25) is 4.18 Å². The third-order valence-electron chi connectivity index (χ3n) is 5.15. The zero-order valence-corrected chi connectivity index (χ0v) is 19.5. The third-order valence-corrected chi connectivity index (χ3v) is 5.73. The minimum atomic E-state index is -3.73. The van der Waals surface area contributed by atoms with E-state index in [1.165, 1.54) is 0 Å². The predicted octanol–water partition coefficient (Wildman–Crippen LogP) is 3.07. The van der Waals surface area contributed by atoms with Gasteiger partial charge >= 0.3 is 0 Å². The molecule has 174 valence electrons. The van der Waals surface area contributed by atoms with Crippen LogP contribution in [0.25, 0.3) is 17.1 Å². The van der Waals surface area contributed by atoms with E-state index < -0.39 is 16.2 Å². The first kappa shape index (κ1) is 23.1. The third kappa shape index (κ3) is 5.84. The Kier molecular flexibility index (Phi) is 6.87. The highest BCUT2D eigenvalue weighted by atomic mass is 32.2. The fourth-order valence-electron chi connectivity index (χ4n) is 3.62. The van der Waals surface area contributed by atoms with Crippen LogP contribution >= 0.6 is 0 Å². The second kappa shape index (κ2) is 9.82. The monoisotopic (exact) mass is 469 g/mol. The van der Waals surface area contributed by atoms with Crippen LogP contribution in [0.1, 0.15) is 23.9 Å². The Morgan fingerprint density at radius 1 is 1.18 bits per heavy atom. The zero-order valence-electron chi connectivity index (χ0n) is 18.7. The standard InChI is InChI=1S/C23H27N5O4S/c1-4-6-20(32-33(3,29)30)23-24-21(27-11-13-31-14-12-27)16-22(25-23)28-10-9-19(26-28)18-8-5-7-17(2)15-18/h4-5,7-10,15-16,20H,1,6,11-14H2,2-3H3. The van der Waals surface area contributed by atoms with Crippen molar-refractivity contribution < 1.29 is 17.3 Å². The first-order chi connectivity index (χ1) is 15.8. The van der Waals surface area contributed by atoms with E-state index in [0.29, 0.717) is 37.9 Å². The maximum absolute atomic E-state index is 11.9. The lowest BCUT2D eigenvalue weighted by atomic mass is 10.1. The Bertz CT molecular complexity index is 1240. The SMILES string of the molecule is C=CCC(OS(C)(=O)=O)c1nc(N2CCOCC2)cc(-n2ccc(-c3cccc(C)c3)n2)n1. The summed E-state index contributed by atoms with van der Waals surface area (Å²) in [5.41, 5.74) is 2.95. The van der Waals surface area contributed by atoms with Crippen molar-refractivity contribution in [1.29, 1.82) is 0 Å². The summed E-state index contributed by atoms with van der Waals surface area (Å²) in [5.74, 6) is 1.44. The van der Waals surface area contributed by atoms with E-state index in [1.54, 1.807) is 10.8 Å². The van der Waals surface area contributed by atoms with Crippen molar-refractivity contribution in [3.8, 4) is 17.1 Å². The number of hydrogen-bond donors (Lipinski definition) is 0. The number of rotatable bonds is 8. The molecule has 2 aromatic heterocycles. The van der Waals surface area contributed by atoms with Gasteiger partial charge in [-0.1, -0.05) is 29.8 Å². The molecule has 0 amide bonds. The number of benzene rings is 1. The number of morpholine rings is 1. The molecule has 0 bridgehead atoms. The van der Waals surface area contributed by atoms with Crippen molar-refractivity contribution in [3.63, 3.8) is 0 Å². The minimum Gasteiger partial charge on any atom is -0.378 e. The topological polar surface area (TPSA) is 99.4 Å². The van der Waals surface area contributed by atoms with Crippen LogP contribution in [0.2, 0.25) is 0 Å². The van der Waals surface area contributed by atoms with Gasteiger partial charge in [-0.15, -0.1) is 6.58 Å². The molecule has 1 aliphatic heterocycles. The number of ether oxygens (including phenoxy) is 1. The fraction of sp³-hybridized carbons (Fsp3) is 0.348. The summed E-state index contributed by atoms with van der Waals surface area (Å²) in [7, 11) is -3.73. The molecule has 1 aliphatic rings. The lowest BCUT2D eigenvalue weighted by Gasteiger charge is -2.28. The molecule has 33 heavy (non-hydrogen) atoms. The van der Waals surface area contributed by atoms with E-state index in [-0.39, 0.29) is 12.2 Å². The van der Waals surface area contributed by atoms with E-state index in [1.807, 2.05) is 43.5 Å². The van der Waals surface area contributed by atoms with Crippen LogP contribution in [0.3, 0.4) is 0 Å². The maximum atomic E-state index is 11.9. The number of nitrogens with zero attached hydrogens (tertiary/aromatic N) is 5. The van der Waals surface area contributed by atoms with E-state index >= 15 is 0 Å². The molecule has 0 saturated carbocycles. The van der Waals surface area contributed by atoms with Gasteiger partial charge < -0.3 is 9.64 Å². The van der Waals surface area contributed by atoms with Crippen molar-refractivity contribution in [2.75, 3.05) is 37.5 Å². The number of hydrogen-bond acceptors (Lipinski definition) is 8. The Labute approximate surface area is 193 Å². The molecule has 0 aliphatic carbocycles. The molecule has 1 atom stereocenters. The van der Waals surface area contributed by atoms with Crippen molar-refractivity contribution in [2.45, 2.75) is 19.4 Å². The normalized spacial score (nSPS) is 15.4. The molecule has 9 nitrogen and oxygen atoms in total. The molecule has 1 aromatic carbocycles. The van der Waals surface area contributed by atoms with Crippen LogP contribution in [-0.4, -0.2) is 60.7 Å². The molecule has 1 fully saturated rings. The summed E-state index contributed by atoms with van der Waals surface area (Å²) < 4.78 is 36.1. The largest absolute Gasteiger partial charge is 0.378 e. The van der Waals surface area contributed by atoms with Crippen LogP contribution < -0.4 is 4.90 Å². The molecule has 4 rings (SSSR count). The second-order valence-electron chi connectivity index (χ2n) is 7.87. The molecule has 0 N–H and O–H groups in total. The van der Waals surface area contributed by atoms with Crippen molar-refractivity contribution in [1.82, 2.24) is 19.7 Å². The van der Waals surface area contributed by atoms with E-state index in [2.05, 4.69) is 27.5 Å². The highest BCUT2D eigenvalue weighted by Gasteiger charge is 2.23. The van der Waals surface area contributed by atoms with Crippen LogP contribution in [0.15, 0.2) is 55.3 Å². The van der Waals surface area contributed by atoms with Gasteiger partial charge in [-0.25, -0.2) is 14.6 Å². The Morgan fingerprint density at radius 3 is 2.64 bits per heavy atom. The predicted molar refractivity (Wildman–Crippen MR) is 126 cm³/mol. The van der Waals surface area contributed by atoms with Crippen molar-refractivity contribution >= 4 is 15.9 Å². The van der Waals surface area contributed by atoms with Crippen molar-refractivity contribution in [3.05, 3.63) is 66.6 Å². The summed E-state index contributed by atoms with van der Waals surface area (Å²) >= 11 is 0. The summed E-state index contributed by atoms with van der Waals surface area (Å²) in [5, 5.41) is 4.70. The molecular formula is C23H27N5O4S. The van der Waals surface area contributed by atoms with E-state index in [0.717, 1.165) is 23.1 Å². The fourth-order valence-corrected chi connectivity index (χ4v) is 4.20.